The van der Waals surface area contributed by atoms with Crippen molar-refractivity contribution in [1.82, 2.24) is 10.3 Å². The molecule has 0 unspecified atom stereocenters. The zero-order chi connectivity index (χ0) is 15.1. The Morgan fingerprint density at radius 1 is 1.25 bits per heavy atom. The molecule has 20 heavy (non-hydrogen) atoms. The molecule has 0 radical (unpaired) electrons. The fourth-order valence-electron chi connectivity index (χ4n) is 1.81. The van der Waals surface area contributed by atoms with Crippen LogP contribution < -0.4 is 5.32 Å². The Labute approximate surface area is 118 Å². The second kappa shape index (κ2) is 7.38. The molecule has 0 aliphatic heterocycles. The van der Waals surface area contributed by atoms with E-state index in [4.69, 9.17) is 0 Å². The van der Waals surface area contributed by atoms with Crippen molar-refractivity contribution in [2.45, 2.75) is 20.8 Å². The monoisotopic (exact) mass is 274 g/mol. The third-order valence-corrected chi connectivity index (χ3v) is 2.70. The van der Waals surface area contributed by atoms with Gasteiger partial charge in [-0.25, -0.2) is 4.39 Å². The SMILES string of the molecule is CC.CNC(=O)c1cc(F)cc(-c2cccnc2C)c1. The van der Waals surface area contributed by atoms with Gasteiger partial charge < -0.3 is 5.32 Å². The van der Waals surface area contributed by atoms with E-state index >= 15 is 0 Å². The highest BCUT2D eigenvalue weighted by molar-refractivity contribution is 5.95. The van der Waals surface area contributed by atoms with E-state index in [1.54, 1.807) is 18.3 Å². The number of nitrogens with zero attached hydrogens (tertiary/aromatic N) is 1. The van der Waals surface area contributed by atoms with Crippen LogP contribution in [0.25, 0.3) is 11.1 Å². The van der Waals surface area contributed by atoms with Gasteiger partial charge in [-0.3, -0.25) is 9.78 Å². The van der Waals surface area contributed by atoms with Gasteiger partial charge in [-0.1, -0.05) is 19.9 Å². The molecule has 0 fully saturated rings. The molecule has 1 amide bonds. The number of hydrogen-bond donors (Lipinski definition) is 1. The lowest BCUT2D eigenvalue weighted by molar-refractivity contribution is 0.0962. The van der Waals surface area contributed by atoms with Crippen molar-refractivity contribution in [3.63, 3.8) is 0 Å². The minimum atomic E-state index is -0.436. The molecule has 1 aromatic heterocycles. The van der Waals surface area contributed by atoms with Gasteiger partial charge >= 0.3 is 0 Å². The maximum absolute atomic E-state index is 13.5. The number of aryl methyl sites for hydroxylation is 1. The van der Waals surface area contributed by atoms with E-state index in [1.165, 1.54) is 19.2 Å². The topological polar surface area (TPSA) is 42.0 Å². The van der Waals surface area contributed by atoms with Crippen molar-refractivity contribution in [3.8, 4) is 11.1 Å². The van der Waals surface area contributed by atoms with Crippen LogP contribution in [0.3, 0.4) is 0 Å². The highest BCUT2D eigenvalue weighted by Gasteiger charge is 2.10. The number of amides is 1. The lowest BCUT2D eigenvalue weighted by Gasteiger charge is -2.07. The molecule has 3 nitrogen and oxygen atoms in total. The van der Waals surface area contributed by atoms with Gasteiger partial charge in [0.15, 0.2) is 0 Å². The minimum absolute atomic E-state index is 0.302. The molecule has 0 aliphatic rings. The number of pyridine rings is 1. The Balaban J connectivity index is 0.000000956. The van der Waals surface area contributed by atoms with E-state index in [-0.39, 0.29) is 5.91 Å². The molecule has 0 bridgehead atoms. The Morgan fingerprint density at radius 2 is 1.95 bits per heavy atom. The third-order valence-electron chi connectivity index (χ3n) is 2.70. The molecule has 4 heteroatoms. The molecule has 2 rings (SSSR count). The van der Waals surface area contributed by atoms with Crippen molar-refractivity contribution < 1.29 is 9.18 Å². The van der Waals surface area contributed by atoms with Crippen molar-refractivity contribution >= 4 is 5.91 Å². The molecule has 106 valence electrons. The predicted molar refractivity (Wildman–Crippen MR) is 79.1 cm³/mol. The summed E-state index contributed by atoms with van der Waals surface area (Å²) in [7, 11) is 1.52. The molecular formula is C16H19FN2O. The summed E-state index contributed by atoms with van der Waals surface area (Å²) in [5, 5.41) is 2.48. The van der Waals surface area contributed by atoms with Crippen LogP contribution in [0.5, 0.6) is 0 Å². The average Bonchev–Trinajstić information content (AvgIpc) is 2.48. The van der Waals surface area contributed by atoms with E-state index in [0.29, 0.717) is 11.1 Å². The summed E-state index contributed by atoms with van der Waals surface area (Å²) in [5.41, 5.74) is 2.57. The van der Waals surface area contributed by atoms with Gasteiger partial charge in [-0.05, 0) is 36.8 Å². The van der Waals surface area contributed by atoms with Gasteiger partial charge in [0.2, 0.25) is 0 Å². The second-order valence-corrected chi connectivity index (χ2v) is 3.94. The Kier molecular flexibility index (Phi) is 5.84. The van der Waals surface area contributed by atoms with Gasteiger partial charge in [0.1, 0.15) is 5.82 Å². The number of aromatic nitrogens is 1. The summed E-state index contributed by atoms with van der Waals surface area (Å²) in [6.07, 6.45) is 1.68. The third kappa shape index (κ3) is 3.63. The second-order valence-electron chi connectivity index (χ2n) is 3.94. The van der Waals surface area contributed by atoms with Crippen LogP contribution in [-0.4, -0.2) is 17.9 Å². The van der Waals surface area contributed by atoms with Crippen LogP contribution in [0.4, 0.5) is 4.39 Å². The number of rotatable bonds is 2. The molecule has 0 aliphatic carbocycles. The number of nitrogens with one attached hydrogen (secondary N) is 1. The van der Waals surface area contributed by atoms with Crippen LogP contribution in [0.1, 0.15) is 29.9 Å². The standard InChI is InChI=1S/C14H13FN2O.C2H6/c1-9-13(4-3-5-17-9)10-6-11(14(18)16-2)8-12(15)7-10;1-2/h3-8H,1-2H3,(H,16,18);1-2H3. The van der Waals surface area contributed by atoms with E-state index in [0.717, 1.165) is 11.3 Å². The van der Waals surface area contributed by atoms with Gasteiger partial charge in [0, 0.05) is 30.1 Å². The van der Waals surface area contributed by atoms with Crippen LogP contribution in [0.2, 0.25) is 0 Å². The fourth-order valence-corrected chi connectivity index (χ4v) is 1.81. The molecule has 1 N–H and O–H groups in total. The number of benzene rings is 1. The molecule has 0 spiro atoms. The first-order chi connectivity index (χ1) is 9.61. The maximum atomic E-state index is 13.5. The summed E-state index contributed by atoms with van der Waals surface area (Å²) < 4.78 is 13.5. The minimum Gasteiger partial charge on any atom is -0.355 e. The van der Waals surface area contributed by atoms with E-state index in [9.17, 15) is 9.18 Å². The lowest BCUT2D eigenvalue weighted by atomic mass is 10.0. The van der Waals surface area contributed by atoms with Crippen molar-refractivity contribution in [1.29, 1.82) is 0 Å². The predicted octanol–water partition coefficient (Wildman–Crippen LogP) is 3.58. The maximum Gasteiger partial charge on any atom is 0.251 e. The molecule has 1 heterocycles. The van der Waals surface area contributed by atoms with Crippen LogP contribution in [0.15, 0.2) is 36.5 Å². The van der Waals surface area contributed by atoms with Crippen LogP contribution in [-0.2, 0) is 0 Å². The normalized spacial score (nSPS) is 9.45. The first kappa shape index (κ1) is 15.8. The summed E-state index contributed by atoms with van der Waals surface area (Å²) in [6.45, 7) is 5.85. The highest BCUT2D eigenvalue weighted by Crippen LogP contribution is 2.24. The van der Waals surface area contributed by atoms with Crippen molar-refractivity contribution in [2.75, 3.05) is 7.05 Å². The number of carbonyl (C=O) groups is 1. The largest absolute Gasteiger partial charge is 0.355 e. The fraction of sp³-hybridized carbons (Fsp3) is 0.250. The zero-order valence-electron chi connectivity index (χ0n) is 12.2. The molecule has 2 aromatic rings. The quantitative estimate of drug-likeness (QED) is 0.909. The van der Waals surface area contributed by atoms with E-state index in [2.05, 4.69) is 10.3 Å². The van der Waals surface area contributed by atoms with Gasteiger partial charge in [0.05, 0.1) is 0 Å². The first-order valence-electron chi connectivity index (χ1n) is 6.56. The number of hydrogen-bond acceptors (Lipinski definition) is 2. The van der Waals surface area contributed by atoms with Gasteiger partial charge in [-0.15, -0.1) is 0 Å². The van der Waals surface area contributed by atoms with Gasteiger partial charge in [0.25, 0.3) is 5.91 Å². The molecular weight excluding hydrogens is 255 g/mol. The Morgan fingerprint density at radius 3 is 2.55 bits per heavy atom. The molecule has 0 saturated heterocycles. The van der Waals surface area contributed by atoms with Crippen molar-refractivity contribution in [2.24, 2.45) is 0 Å². The molecule has 0 atom stereocenters. The van der Waals surface area contributed by atoms with Crippen LogP contribution >= 0.6 is 0 Å². The summed E-state index contributed by atoms with van der Waals surface area (Å²) in [6, 6.07) is 7.91. The van der Waals surface area contributed by atoms with E-state index in [1.807, 2.05) is 26.8 Å². The molecule has 0 saturated carbocycles. The number of carbonyl (C=O) groups excluding carboxylic acids is 1. The Bertz CT molecular complexity index is 597. The van der Waals surface area contributed by atoms with Crippen LogP contribution in [0, 0.1) is 12.7 Å². The first-order valence-corrected chi connectivity index (χ1v) is 6.56. The Hall–Kier alpha value is -2.23. The summed E-state index contributed by atoms with van der Waals surface area (Å²) in [5.74, 6) is -0.744. The zero-order valence-corrected chi connectivity index (χ0v) is 12.2. The lowest BCUT2D eigenvalue weighted by Crippen LogP contribution is -2.18. The summed E-state index contributed by atoms with van der Waals surface area (Å²) >= 11 is 0. The van der Waals surface area contributed by atoms with E-state index < -0.39 is 5.82 Å². The smallest absolute Gasteiger partial charge is 0.251 e. The molecule has 1 aromatic carbocycles. The summed E-state index contributed by atoms with van der Waals surface area (Å²) in [4.78, 5) is 15.7. The average molecular weight is 274 g/mol. The van der Waals surface area contributed by atoms with Crippen molar-refractivity contribution in [3.05, 3.63) is 53.6 Å². The van der Waals surface area contributed by atoms with Gasteiger partial charge in [-0.2, -0.15) is 0 Å². The highest BCUT2D eigenvalue weighted by atomic mass is 19.1. The number of halogens is 1.